The number of fused-ring (bicyclic) bond motifs is 2. The van der Waals surface area contributed by atoms with Gasteiger partial charge in [0.05, 0.1) is 30.9 Å². The number of hydrogen-bond acceptors (Lipinski definition) is 6. The Morgan fingerprint density at radius 3 is 2.75 bits per heavy atom. The largest absolute Gasteiger partial charge is 0.496 e. The highest BCUT2D eigenvalue weighted by atomic mass is 35.5. The lowest BCUT2D eigenvalue weighted by molar-refractivity contribution is 0.0745. The van der Waals surface area contributed by atoms with Crippen LogP contribution in [0.4, 0.5) is 0 Å². The predicted octanol–water partition coefficient (Wildman–Crippen LogP) is 3.27. The van der Waals surface area contributed by atoms with Crippen LogP contribution in [0.3, 0.4) is 0 Å². The highest BCUT2D eigenvalue weighted by Crippen LogP contribution is 2.36. The quantitative estimate of drug-likeness (QED) is 0.672. The summed E-state index contributed by atoms with van der Waals surface area (Å²) in [5.41, 5.74) is 2.15. The van der Waals surface area contributed by atoms with Crippen LogP contribution in [-0.4, -0.2) is 54.2 Å². The first-order chi connectivity index (χ1) is 13.6. The summed E-state index contributed by atoms with van der Waals surface area (Å²) >= 11 is 6.17. The monoisotopic (exact) mass is 399 g/mol. The number of carbonyl (C=O) groups is 1. The lowest BCUT2D eigenvalue weighted by Gasteiger charge is -2.17. The Morgan fingerprint density at radius 1 is 1.25 bits per heavy atom. The first-order valence-electron chi connectivity index (χ1n) is 9.09. The summed E-state index contributed by atoms with van der Waals surface area (Å²) in [6.45, 7) is 2.88. The number of rotatable bonds is 3. The first kappa shape index (κ1) is 17.5. The van der Waals surface area contributed by atoms with Crippen molar-refractivity contribution in [2.45, 2.75) is 0 Å². The molecule has 2 saturated heterocycles. The minimum Gasteiger partial charge on any atom is -0.496 e. The maximum atomic E-state index is 12.9. The standard InChI is InChI=1S/C20H18ClN3O4/c1-26-17-5-16(20(25)24-7-11-9-27-10-12(11)8-24)23-6-13(17)18-4-15-19(28-18)14(21)2-3-22-15/h2-6,11-12H,7-10H2,1H3. The molecule has 28 heavy (non-hydrogen) atoms. The van der Waals surface area contributed by atoms with Crippen molar-refractivity contribution in [3.63, 3.8) is 0 Å². The molecule has 0 saturated carbocycles. The van der Waals surface area contributed by atoms with Crippen LogP contribution in [0, 0.1) is 11.8 Å². The van der Waals surface area contributed by atoms with E-state index in [9.17, 15) is 4.79 Å². The van der Waals surface area contributed by atoms with Crippen molar-refractivity contribution in [2.24, 2.45) is 11.8 Å². The molecule has 0 radical (unpaired) electrons. The summed E-state index contributed by atoms with van der Waals surface area (Å²) < 4.78 is 16.8. The van der Waals surface area contributed by atoms with Gasteiger partial charge < -0.3 is 18.8 Å². The molecule has 5 rings (SSSR count). The third kappa shape index (κ3) is 2.82. The lowest BCUT2D eigenvalue weighted by atomic mass is 10.0. The second-order valence-electron chi connectivity index (χ2n) is 7.16. The molecular weight excluding hydrogens is 382 g/mol. The number of methoxy groups -OCH3 is 1. The zero-order valence-corrected chi connectivity index (χ0v) is 16.0. The lowest BCUT2D eigenvalue weighted by Crippen LogP contribution is -2.31. The van der Waals surface area contributed by atoms with E-state index in [0.717, 1.165) is 13.2 Å². The molecule has 0 spiro atoms. The van der Waals surface area contributed by atoms with E-state index in [0.29, 0.717) is 63.8 Å². The Hall–Kier alpha value is -2.64. The van der Waals surface area contributed by atoms with E-state index in [1.54, 1.807) is 37.7 Å². The Labute approximate surface area is 166 Å². The van der Waals surface area contributed by atoms with Gasteiger partial charge in [-0.25, -0.2) is 0 Å². The highest BCUT2D eigenvalue weighted by Gasteiger charge is 2.39. The molecule has 2 aliphatic rings. The number of nitrogens with zero attached hydrogens (tertiary/aromatic N) is 3. The van der Waals surface area contributed by atoms with E-state index in [1.165, 1.54) is 0 Å². The number of carbonyl (C=O) groups excluding carboxylic acids is 1. The van der Waals surface area contributed by atoms with Gasteiger partial charge in [0.1, 0.15) is 22.7 Å². The van der Waals surface area contributed by atoms with E-state index in [4.69, 9.17) is 25.5 Å². The molecular formula is C20H18ClN3O4. The molecule has 2 fully saturated rings. The van der Waals surface area contributed by atoms with Gasteiger partial charge in [0, 0.05) is 49.5 Å². The van der Waals surface area contributed by atoms with Crippen LogP contribution in [0.5, 0.6) is 5.75 Å². The topological polar surface area (TPSA) is 77.7 Å². The Bertz CT molecular complexity index is 1050. The molecule has 0 bridgehead atoms. The van der Waals surface area contributed by atoms with Crippen LogP contribution >= 0.6 is 11.6 Å². The normalized spacial score (nSPS) is 21.3. The molecule has 0 aromatic carbocycles. The van der Waals surface area contributed by atoms with Gasteiger partial charge in [0.15, 0.2) is 5.58 Å². The molecule has 144 valence electrons. The van der Waals surface area contributed by atoms with Crippen molar-refractivity contribution >= 4 is 28.6 Å². The number of amides is 1. The number of ether oxygens (including phenoxy) is 2. The van der Waals surface area contributed by atoms with E-state index < -0.39 is 0 Å². The fourth-order valence-electron chi connectivity index (χ4n) is 3.96. The third-order valence-corrected chi connectivity index (χ3v) is 5.76. The molecule has 0 N–H and O–H groups in total. The van der Waals surface area contributed by atoms with Crippen LogP contribution in [0.25, 0.3) is 22.4 Å². The summed E-state index contributed by atoms with van der Waals surface area (Å²) in [6.07, 6.45) is 3.22. The van der Waals surface area contributed by atoms with Gasteiger partial charge in [-0.2, -0.15) is 0 Å². The Kier molecular flexibility index (Phi) is 4.21. The zero-order valence-electron chi connectivity index (χ0n) is 15.2. The maximum absolute atomic E-state index is 12.9. The molecule has 1 amide bonds. The van der Waals surface area contributed by atoms with Gasteiger partial charge in [-0.05, 0) is 6.07 Å². The maximum Gasteiger partial charge on any atom is 0.272 e. The van der Waals surface area contributed by atoms with Gasteiger partial charge in [0.2, 0.25) is 0 Å². The smallest absolute Gasteiger partial charge is 0.272 e. The van der Waals surface area contributed by atoms with Gasteiger partial charge in [-0.3, -0.25) is 14.8 Å². The average Bonchev–Trinajstić information content (AvgIpc) is 3.41. The Morgan fingerprint density at radius 2 is 2.04 bits per heavy atom. The van der Waals surface area contributed by atoms with Crippen LogP contribution in [0.1, 0.15) is 10.5 Å². The molecule has 3 aromatic heterocycles. The highest BCUT2D eigenvalue weighted by molar-refractivity contribution is 6.34. The molecule has 8 heteroatoms. The fourth-order valence-corrected chi connectivity index (χ4v) is 4.15. The number of likely N-dealkylation sites (tertiary alicyclic amines) is 1. The zero-order chi connectivity index (χ0) is 19.3. The SMILES string of the molecule is COc1cc(C(=O)N2CC3COCC3C2)ncc1-c1cc2nccc(Cl)c2o1. The number of aromatic nitrogens is 2. The molecule has 3 aromatic rings. The molecule has 2 aliphatic heterocycles. The second kappa shape index (κ2) is 6.76. The summed E-state index contributed by atoms with van der Waals surface area (Å²) in [5, 5.41) is 0.485. The number of hydrogen-bond donors (Lipinski definition) is 0. The third-order valence-electron chi connectivity index (χ3n) is 5.46. The van der Waals surface area contributed by atoms with Gasteiger partial charge in [-0.15, -0.1) is 0 Å². The number of halogens is 1. The van der Waals surface area contributed by atoms with Crippen molar-refractivity contribution < 1.29 is 18.7 Å². The van der Waals surface area contributed by atoms with Crippen LogP contribution in [-0.2, 0) is 4.74 Å². The van der Waals surface area contributed by atoms with E-state index in [1.807, 2.05) is 4.90 Å². The van der Waals surface area contributed by atoms with Crippen LogP contribution in [0.2, 0.25) is 5.02 Å². The fraction of sp³-hybridized carbons (Fsp3) is 0.350. The van der Waals surface area contributed by atoms with Crippen molar-refractivity contribution in [3.05, 3.63) is 41.3 Å². The second-order valence-corrected chi connectivity index (χ2v) is 7.56. The molecule has 2 unspecified atom stereocenters. The van der Waals surface area contributed by atoms with Crippen molar-refractivity contribution in [3.8, 4) is 17.1 Å². The number of pyridine rings is 2. The summed E-state index contributed by atoms with van der Waals surface area (Å²) in [5.74, 6) is 1.81. The predicted molar refractivity (Wildman–Crippen MR) is 103 cm³/mol. The molecule has 2 atom stereocenters. The average molecular weight is 400 g/mol. The van der Waals surface area contributed by atoms with E-state index in [-0.39, 0.29) is 5.91 Å². The van der Waals surface area contributed by atoms with Gasteiger partial charge in [-0.1, -0.05) is 11.6 Å². The molecule has 0 aliphatic carbocycles. The minimum absolute atomic E-state index is 0.0893. The molecule has 5 heterocycles. The summed E-state index contributed by atoms with van der Waals surface area (Å²) in [6, 6.07) is 5.11. The van der Waals surface area contributed by atoms with Gasteiger partial charge >= 0.3 is 0 Å². The van der Waals surface area contributed by atoms with E-state index in [2.05, 4.69) is 9.97 Å². The first-order valence-corrected chi connectivity index (χ1v) is 9.47. The summed E-state index contributed by atoms with van der Waals surface area (Å²) in [7, 11) is 1.55. The van der Waals surface area contributed by atoms with Crippen LogP contribution < -0.4 is 4.74 Å². The number of furan rings is 1. The van der Waals surface area contributed by atoms with Crippen molar-refractivity contribution in [1.82, 2.24) is 14.9 Å². The van der Waals surface area contributed by atoms with Gasteiger partial charge in [0.25, 0.3) is 5.91 Å². The van der Waals surface area contributed by atoms with Crippen molar-refractivity contribution in [2.75, 3.05) is 33.4 Å². The molecule has 7 nitrogen and oxygen atoms in total. The summed E-state index contributed by atoms with van der Waals surface area (Å²) in [4.78, 5) is 23.4. The van der Waals surface area contributed by atoms with E-state index >= 15 is 0 Å². The van der Waals surface area contributed by atoms with Crippen LogP contribution in [0.15, 0.2) is 35.0 Å². The minimum atomic E-state index is -0.0893. The Balaban J connectivity index is 1.46. The van der Waals surface area contributed by atoms with Crippen molar-refractivity contribution in [1.29, 1.82) is 0 Å².